The van der Waals surface area contributed by atoms with Gasteiger partial charge in [0.25, 0.3) is 0 Å². The first-order valence-electron chi connectivity index (χ1n) is 6.31. The van der Waals surface area contributed by atoms with Crippen molar-refractivity contribution in [2.75, 3.05) is 33.4 Å². The second-order valence-corrected chi connectivity index (χ2v) is 5.62. The van der Waals surface area contributed by atoms with Gasteiger partial charge in [-0.2, -0.15) is 11.8 Å². The van der Waals surface area contributed by atoms with E-state index in [2.05, 4.69) is 15.5 Å². The number of thioether (sulfide) groups is 1. The number of aldehydes is 1. The lowest BCUT2D eigenvalue weighted by atomic mass is 10.4. The molecule has 5 nitrogen and oxygen atoms in total. The number of carbonyl (C=O) groups is 1. The molecular weight excluding hydrogens is 262 g/mol. The van der Waals surface area contributed by atoms with Crippen molar-refractivity contribution in [3.8, 4) is 0 Å². The average Bonchev–Trinajstić information content (AvgIpc) is 2.80. The van der Waals surface area contributed by atoms with Crippen molar-refractivity contribution in [2.24, 2.45) is 0 Å². The van der Waals surface area contributed by atoms with Crippen molar-refractivity contribution in [3.05, 3.63) is 23.7 Å². The molecule has 1 atom stereocenters. The van der Waals surface area contributed by atoms with E-state index in [0.29, 0.717) is 0 Å². The highest BCUT2D eigenvalue weighted by Gasteiger charge is 2.04. The zero-order chi connectivity index (χ0) is 14.1. The molecule has 2 N–H and O–H groups in total. The van der Waals surface area contributed by atoms with Gasteiger partial charge in [-0.1, -0.05) is 0 Å². The minimum Gasteiger partial charge on any atom is -0.464 e. The number of likely N-dealkylation sites (N-methyl/N-ethyl adjacent to an activating group) is 1. The quantitative estimate of drug-likeness (QED) is 0.378. The van der Waals surface area contributed by atoms with E-state index in [1.54, 1.807) is 18.8 Å². The maximum absolute atomic E-state index is 10.6. The number of nitrogens with zero attached hydrogens (tertiary/aromatic N) is 1. The van der Waals surface area contributed by atoms with Gasteiger partial charge >= 0.3 is 0 Å². The van der Waals surface area contributed by atoms with Crippen molar-refractivity contribution in [3.63, 3.8) is 0 Å². The number of rotatable bonds is 10. The molecule has 0 aliphatic heterocycles. The Morgan fingerprint density at radius 2 is 2.16 bits per heavy atom. The summed E-state index contributed by atoms with van der Waals surface area (Å²) in [6, 6.07) is 4.05. The van der Waals surface area contributed by atoms with Gasteiger partial charge in [-0.15, -0.1) is 0 Å². The summed E-state index contributed by atoms with van der Waals surface area (Å²) in [5.41, 5.74) is 0. The summed E-state index contributed by atoms with van der Waals surface area (Å²) in [6.07, 6.45) is 0.612. The Balaban J connectivity index is 2.15. The second-order valence-electron chi connectivity index (χ2n) is 4.51. The highest BCUT2D eigenvalue weighted by molar-refractivity contribution is 7.98. The van der Waals surface area contributed by atoms with Gasteiger partial charge in [0, 0.05) is 12.3 Å². The van der Waals surface area contributed by atoms with E-state index in [1.165, 1.54) is 0 Å². The molecule has 6 heteroatoms. The maximum atomic E-state index is 10.6. The third-order valence-corrected chi connectivity index (χ3v) is 3.47. The average molecular weight is 285 g/mol. The van der Waals surface area contributed by atoms with E-state index >= 15 is 0 Å². The predicted molar refractivity (Wildman–Crippen MR) is 79.2 cm³/mol. The van der Waals surface area contributed by atoms with Gasteiger partial charge in [0.15, 0.2) is 6.29 Å². The molecule has 0 spiro atoms. The zero-order valence-corrected chi connectivity index (χ0v) is 12.6. The van der Waals surface area contributed by atoms with Crippen LogP contribution in [0.1, 0.15) is 11.5 Å². The van der Waals surface area contributed by atoms with Gasteiger partial charge in [-0.25, -0.2) is 0 Å². The molecule has 0 bridgehead atoms. The molecule has 0 saturated heterocycles. The summed E-state index contributed by atoms with van der Waals surface area (Å²) in [5.74, 6) is 3.80. The Bertz CT molecular complexity index is 369. The molecule has 1 aromatic rings. The molecule has 0 aromatic carbocycles. The monoisotopic (exact) mass is 285 g/mol. The fraction of sp³-hybridized carbons (Fsp3) is 0.615. The SMILES string of the molecule is CNC(C=O)NCCSCc1ccc(CN(C)C)o1. The molecule has 1 unspecified atom stereocenters. The first-order chi connectivity index (χ1) is 9.15. The molecule has 0 fully saturated rings. The first kappa shape index (κ1) is 16.2. The molecule has 1 heterocycles. The third-order valence-electron chi connectivity index (χ3n) is 2.49. The zero-order valence-electron chi connectivity index (χ0n) is 11.8. The summed E-state index contributed by atoms with van der Waals surface area (Å²) < 4.78 is 5.71. The number of furan rings is 1. The molecule has 0 aliphatic carbocycles. The van der Waals surface area contributed by atoms with Crippen molar-refractivity contribution >= 4 is 18.0 Å². The summed E-state index contributed by atoms with van der Waals surface area (Å²) in [6.45, 7) is 1.62. The first-order valence-corrected chi connectivity index (χ1v) is 7.47. The van der Waals surface area contributed by atoms with Crippen molar-refractivity contribution in [1.29, 1.82) is 0 Å². The van der Waals surface area contributed by atoms with Crippen LogP contribution in [0.5, 0.6) is 0 Å². The molecule has 19 heavy (non-hydrogen) atoms. The topological polar surface area (TPSA) is 57.5 Å². The van der Waals surface area contributed by atoms with Crippen molar-refractivity contribution < 1.29 is 9.21 Å². The molecule has 108 valence electrons. The van der Waals surface area contributed by atoms with Crippen LogP contribution >= 0.6 is 11.8 Å². The number of hydrogen-bond donors (Lipinski definition) is 2. The lowest BCUT2D eigenvalue weighted by molar-refractivity contribution is -0.110. The number of nitrogens with one attached hydrogen (secondary N) is 2. The highest BCUT2D eigenvalue weighted by atomic mass is 32.2. The van der Waals surface area contributed by atoms with Crippen LogP contribution in [0.2, 0.25) is 0 Å². The van der Waals surface area contributed by atoms with Crippen LogP contribution in [0.4, 0.5) is 0 Å². The molecule has 1 aromatic heterocycles. The fourth-order valence-corrected chi connectivity index (χ4v) is 2.34. The predicted octanol–water partition coefficient (Wildman–Crippen LogP) is 0.908. The van der Waals surface area contributed by atoms with Gasteiger partial charge < -0.3 is 14.1 Å². The molecule has 0 saturated carbocycles. The Kier molecular flexibility index (Phi) is 7.81. The largest absolute Gasteiger partial charge is 0.464 e. The van der Waals surface area contributed by atoms with E-state index in [-0.39, 0.29) is 6.17 Å². The molecule has 1 rings (SSSR count). The maximum Gasteiger partial charge on any atom is 0.151 e. The minimum absolute atomic E-state index is 0.254. The molecule has 0 amide bonds. The van der Waals surface area contributed by atoms with Crippen LogP contribution in [0.25, 0.3) is 0 Å². The fourth-order valence-electron chi connectivity index (χ4n) is 1.57. The Labute approximate surface area is 119 Å². The van der Waals surface area contributed by atoms with Crippen molar-refractivity contribution in [2.45, 2.75) is 18.5 Å². The minimum atomic E-state index is -0.254. The van der Waals surface area contributed by atoms with Gasteiger partial charge in [0.05, 0.1) is 12.3 Å². The van der Waals surface area contributed by atoms with Crippen molar-refractivity contribution in [1.82, 2.24) is 15.5 Å². The van der Waals surface area contributed by atoms with Crippen LogP contribution in [-0.4, -0.2) is 50.8 Å². The highest BCUT2D eigenvalue weighted by Crippen LogP contribution is 2.15. The normalized spacial score (nSPS) is 12.8. The van der Waals surface area contributed by atoms with Crippen LogP contribution in [0.15, 0.2) is 16.5 Å². The molecule has 0 aliphatic rings. The Morgan fingerprint density at radius 3 is 2.79 bits per heavy atom. The van der Waals surface area contributed by atoms with E-state index in [0.717, 1.165) is 42.4 Å². The van der Waals surface area contributed by atoms with E-state index in [9.17, 15) is 4.79 Å². The summed E-state index contributed by atoms with van der Waals surface area (Å²) in [7, 11) is 5.80. The van der Waals surface area contributed by atoms with Gasteiger partial charge in [-0.05, 0) is 33.3 Å². The lowest BCUT2D eigenvalue weighted by Crippen LogP contribution is -2.42. The number of carbonyl (C=O) groups excluding carboxylic acids is 1. The van der Waals surface area contributed by atoms with E-state index in [4.69, 9.17) is 4.42 Å². The number of hydrogen-bond acceptors (Lipinski definition) is 6. The Morgan fingerprint density at radius 1 is 1.42 bits per heavy atom. The van der Waals surface area contributed by atoms with E-state index in [1.807, 2.05) is 26.2 Å². The third kappa shape index (κ3) is 6.77. The lowest BCUT2D eigenvalue weighted by Gasteiger charge is -2.10. The van der Waals surface area contributed by atoms with Crippen LogP contribution in [-0.2, 0) is 17.1 Å². The van der Waals surface area contributed by atoms with Gasteiger partial charge in [-0.3, -0.25) is 10.6 Å². The van der Waals surface area contributed by atoms with Gasteiger partial charge in [0.1, 0.15) is 17.7 Å². The Hall–Kier alpha value is -0.820. The molecule has 0 radical (unpaired) electrons. The standard InChI is InChI=1S/C13H23N3O2S/c1-14-13(9-17)15-6-7-19-10-12-5-4-11(18-12)8-16(2)3/h4-5,9,13-15H,6-8,10H2,1-3H3. The van der Waals surface area contributed by atoms with Gasteiger partial charge in [0.2, 0.25) is 0 Å². The van der Waals surface area contributed by atoms with Crippen LogP contribution in [0.3, 0.4) is 0 Å². The van der Waals surface area contributed by atoms with Crippen LogP contribution < -0.4 is 10.6 Å². The second kappa shape index (κ2) is 9.14. The summed E-state index contributed by atoms with van der Waals surface area (Å²) in [4.78, 5) is 12.6. The van der Waals surface area contributed by atoms with Crippen LogP contribution in [0, 0.1) is 0 Å². The summed E-state index contributed by atoms with van der Waals surface area (Å²) in [5, 5.41) is 5.97. The molecular formula is C13H23N3O2S. The summed E-state index contributed by atoms with van der Waals surface area (Å²) >= 11 is 1.79. The van der Waals surface area contributed by atoms with E-state index < -0.39 is 0 Å². The smallest absolute Gasteiger partial charge is 0.151 e.